The van der Waals surface area contributed by atoms with E-state index in [0.717, 1.165) is 24.8 Å². The Morgan fingerprint density at radius 2 is 1.43 bits per heavy atom. The van der Waals surface area contributed by atoms with Crippen LogP contribution < -0.4 is 0 Å². The molecule has 1 saturated carbocycles. The molecule has 0 saturated heterocycles. The molecule has 1 N–H and O–H groups in total. The molecule has 2 nitrogen and oxygen atoms in total. The molecular weight excluding hydrogens is 260 g/mol. The Morgan fingerprint density at radius 1 is 0.952 bits per heavy atom. The van der Waals surface area contributed by atoms with Crippen LogP contribution in [0, 0.1) is 5.41 Å². The van der Waals surface area contributed by atoms with Crippen LogP contribution in [0.4, 0.5) is 0 Å². The average Bonchev–Trinajstić information content (AvgIpc) is 3.29. The first kappa shape index (κ1) is 13.9. The average molecular weight is 280 g/mol. The highest BCUT2D eigenvalue weighted by Gasteiger charge is 2.49. The van der Waals surface area contributed by atoms with Crippen molar-refractivity contribution in [3.8, 4) is 11.1 Å². The fraction of sp³-hybridized carbons (Fsp3) is 0.316. The lowest BCUT2D eigenvalue weighted by Crippen LogP contribution is -2.17. The van der Waals surface area contributed by atoms with Crippen LogP contribution in [-0.4, -0.2) is 11.1 Å². The topological polar surface area (TPSA) is 37.3 Å². The molecule has 1 aliphatic rings. The molecule has 1 aliphatic carbocycles. The van der Waals surface area contributed by atoms with E-state index in [0.29, 0.717) is 6.42 Å². The summed E-state index contributed by atoms with van der Waals surface area (Å²) in [6, 6.07) is 16.9. The molecule has 3 rings (SSSR count). The van der Waals surface area contributed by atoms with Crippen LogP contribution in [0.2, 0.25) is 0 Å². The van der Waals surface area contributed by atoms with Crippen molar-refractivity contribution in [2.75, 3.05) is 0 Å². The summed E-state index contributed by atoms with van der Waals surface area (Å²) in [6.45, 7) is 2.15. The molecule has 1 fully saturated rings. The molecule has 2 aromatic carbocycles. The van der Waals surface area contributed by atoms with Gasteiger partial charge in [-0.3, -0.25) is 4.79 Å². The minimum absolute atomic E-state index is 0.482. The van der Waals surface area contributed by atoms with Crippen molar-refractivity contribution in [1.82, 2.24) is 0 Å². The lowest BCUT2D eigenvalue weighted by molar-refractivity contribution is -0.143. The van der Waals surface area contributed by atoms with Gasteiger partial charge in [-0.25, -0.2) is 0 Å². The van der Waals surface area contributed by atoms with Crippen LogP contribution >= 0.6 is 0 Å². The number of benzene rings is 2. The van der Waals surface area contributed by atoms with Crippen LogP contribution in [0.3, 0.4) is 0 Å². The van der Waals surface area contributed by atoms with Gasteiger partial charge < -0.3 is 5.11 Å². The second-order valence-corrected chi connectivity index (χ2v) is 6.01. The SMILES string of the molecule is CCc1ccc(-c2ccc(CC3(C(=O)O)CC3)cc2)cc1. The Morgan fingerprint density at radius 3 is 1.81 bits per heavy atom. The van der Waals surface area contributed by atoms with Crippen molar-refractivity contribution in [2.24, 2.45) is 5.41 Å². The standard InChI is InChI=1S/C19H20O2/c1-2-14-3-7-16(8-4-14)17-9-5-15(6-10-17)13-19(11-12-19)18(20)21/h3-10H,2,11-13H2,1H3,(H,20,21). The third-order valence-corrected chi connectivity index (χ3v) is 4.50. The van der Waals surface area contributed by atoms with E-state index in [2.05, 4.69) is 55.5 Å². The van der Waals surface area contributed by atoms with Crippen molar-refractivity contribution in [2.45, 2.75) is 32.6 Å². The molecule has 21 heavy (non-hydrogen) atoms. The molecule has 0 atom stereocenters. The minimum atomic E-state index is -0.651. The summed E-state index contributed by atoms with van der Waals surface area (Å²) in [7, 11) is 0. The van der Waals surface area contributed by atoms with Gasteiger partial charge in [0.15, 0.2) is 0 Å². The van der Waals surface area contributed by atoms with E-state index in [1.807, 2.05) is 0 Å². The normalized spacial score (nSPS) is 15.7. The Hall–Kier alpha value is -2.09. The van der Waals surface area contributed by atoms with Gasteiger partial charge in [-0.1, -0.05) is 55.5 Å². The second-order valence-electron chi connectivity index (χ2n) is 6.01. The minimum Gasteiger partial charge on any atom is -0.481 e. The molecule has 2 heteroatoms. The van der Waals surface area contributed by atoms with E-state index < -0.39 is 11.4 Å². The molecule has 108 valence electrons. The molecule has 0 amide bonds. The van der Waals surface area contributed by atoms with Gasteiger partial charge in [0.25, 0.3) is 0 Å². The number of hydrogen-bond acceptors (Lipinski definition) is 1. The van der Waals surface area contributed by atoms with E-state index in [1.165, 1.54) is 16.7 Å². The van der Waals surface area contributed by atoms with Crippen molar-refractivity contribution >= 4 is 5.97 Å². The number of aliphatic carboxylic acids is 1. The number of carbonyl (C=O) groups is 1. The molecule has 0 aromatic heterocycles. The number of carboxylic acid groups (broad SMARTS) is 1. The van der Waals surface area contributed by atoms with Crippen LogP contribution in [0.1, 0.15) is 30.9 Å². The van der Waals surface area contributed by atoms with E-state index in [9.17, 15) is 9.90 Å². The maximum atomic E-state index is 11.2. The third kappa shape index (κ3) is 2.85. The first-order valence-corrected chi connectivity index (χ1v) is 7.55. The first-order valence-electron chi connectivity index (χ1n) is 7.55. The Bertz CT molecular complexity index is 634. The highest BCUT2D eigenvalue weighted by molar-refractivity contribution is 5.78. The van der Waals surface area contributed by atoms with Gasteiger partial charge in [0.2, 0.25) is 0 Å². The Balaban J connectivity index is 1.76. The second kappa shape index (κ2) is 5.36. The van der Waals surface area contributed by atoms with Crippen LogP contribution in [-0.2, 0) is 17.6 Å². The van der Waals surface area contributed by atoms with Gasteiger partial charge >= 0.3 is 5.97 Å². The van der Waals surface area contributed by atoms with E-state index in [1.54, 1.807) is 0 Å². The van der Waals surface area contributed by atoms with E-state index in [4.69, 9.17) is 0 Å². The third-order valence-electron chi connectivity index (χ3n) is 4.50. The van der Waals surface area contributed by atoms with Crippen molar-refractivity contribution in [3.63, 3.8) is 0 Å². The molecule has 0 spiro atoms. The number of rotatable bonds is 5. The van der Waals surface area contributed by atoms with Crippen LogP contribution in [0.5, 0.6) is 0 Å². The summed E-state index contributed by atoms with van der Waals surface area (Å²) in [5.41, 5.74) is 4.36. The zero-order chi connectivity index (χ0) is 14.9. The maximum absolute atomic E-state index is 11.2. The van der Waals surface area contributed by atoms with Gasteiger partial charge in [-0.2, -0.15) is 0 Å². The largest absolute Gasteiger partial charge is 0.481 e. The lowest BCUT2D eigenvalue weighted by Gasteiger charge is -2.10. The molecule has 2 aromatic rings. The number of carboxylic acids is 1. The Labute approximate surface area is 125 Å². The summed E-state index contributed by atoms with van der Waals surface area (Å²) < 4.78 is 0. The van der Waals surface area contributed by atoms with E-state index in [-0.39, 0.29) is 0 Å². The smallest absolute Gasteiger partial charge is 0.309 e. The highest BCUT2D eigenvalue weighted by Crippen LogP contribution is 2.48. The zero-order valence-corrected chi connectivity index (χ0v) is 12.3. The van der Waals surface area contributed by atoms with Gasteiger partial charge in [-0.15, -0.1) is 0 Å². The molecule has 0 heterocycles. The fourth-order valence-electron chi connectivity index (χ4n) is 2.76. The molecule has 0 bridgehead atoms. The van der Waals surface area contributed by atoms with Gasteiger partial charge in [0.05, 0.1) is 5.41 Å². The van der Waals surface area contributed by atoms with Crippen molar-refractivity contribution in [1.29, 1.82) is 0 Å². The highest BCUT2D eigenvalue weighted by atomic mass is 16.4. The lowest BCUT2D eigenvalue weighted by atomic mass is 9.95. The van der Waals surface area contributed by atoms with Gasteiger partial charge in [0, 0.05) is 0 Å². The molecule has 0 unspecified atom stereocenters. The molecule has 0 radical (unpaired) electrons. The van der Waals surface area contributed by atoms with Gasteiger partial charge in [0.1, 0.15) is 0 Å². The molecule has 0 aliphatic heterocycles. The molecular formula is C19H20O2. The zero-order valence-electron chi connectivity index (χ0n) is 12.3. The maximum Gasteiger partial charge on any atom is 0.309 e. The van der Waals surface area contributed by atoms with Crippen LogP contribution in [0.25, 0.3) is 11.1 Å². The summed E-state index contributed by atoms with van der Waals surface area (Å²) in [5, 5.41) is 9.25. The predicted molar refractivity (Wildman–Crippen MR) is 84.3 cm³/mol. The van der Waals surface area contributed by atoms with Crippen molar-refractivity contribution in [3.05, 3.63) is 59.7 Å². The fourth-order valence-corrected chi connectivity index (χ4v) is 2.76. The van der Waals surface area contributed by atoms with Gasteiger partial charge in [-0.05, 0) is 47.9 Å². The number of aryl methyl sites for hydroxylation is 1. The predicted octanol–water partition coefficient (Wildman–Crippen LogP) is 4.32. The van der Waals surface area contributed by atoms with Crippen molar-refractivity contribution < 1.29 is 9.90 Å². The monoisotopic (exact) mass is 280 g/mol. The Kier molecular flexibility index (Phi) is 3.54. The first-order chi connectivity index (χ1) is 10.1. The summed E-state index contributed by atoms with van der Waals surface area (Å²) in [6.07, 6.45) is 3.32. The summed E-state index contributed by atoms with van der Waals surface area (Å²) in [4.78, 5) is 11.2. The van der Waals surface area contributed by atoms with E-state index >= 15 is 0 Å². The summed E-state index contributed by atoms with van der Waals surface area (Å²) >= 11 is 0. The quantitative estimate of drug-likeness (QED) is 0.885. The number of hydrogen-bond donors (Lipinski definition) is 1. The summed E-state index contributed by atoms with van der Waals surface area (Å²) in [5.74, 6) is -0.651. The van der Waals surface area contributed by atoms with Crippen LogP contribution in [0.15, 0.2) is 48.5 Å².